The molecule has 0 radical (unpaired) electrons. The number of benzene rings is 1. The SMILES string of the molecule is F[C@H]1C[C@H]2CN(c3ccnc(CSc4ccccc4)n3)CCN2C1. The Kier molecular flexibility index (Phi) is 4.67. The minimum absolute atomic E-state index is 0.325. The van der Waals surface area contributed by atoms with Crippen LogP contribution in [0.2, 0.25) is 0 Å². The molecule has 1 aromatic heterocycles. The Balaban J connectivity index is 1.41. The van der Waals surface area contributed by atoms with Gasteiger partial charge in [0.2, 0.25) is 0 Å². The number of hydrogen-bond donors (Lipinski definition) is 0. The third kappa shape index (κ3) is 3.54. The molecule has 1 aromatic carbocycles. The van der Waals surface area contributed by atoms with Crippen molar-refractivity contribution in [1.82, 2.24) is 14.9 Å². The first-order chi connectivity index (χ1) is 11.8. The lowest BCUT2D eigenvalue weighted by Crippen LogP contribution is -2.50. The maximum absolute atomic E-state index is 13.6. The number of hydrogen-bond acceptors (Lipinski definition) is 5. The molecular formula is C18H21FN4S. The molecule has 4 rings (SSSR count). The highest BCUT2D eigenvalue weighted by molar-refractivity contribution is 7.98. The number of piperazine rings is 1. The zero-order valence-corrected chi connectivity index (χ0v) is 14.3. The number of halogens is 1. The maximum Gasteiger partial charge on any atom is 0.140 e. The summed E-state index contributed by atoms with van der Waals surface area (Å²) in [6, 6.07) is 12.6. The zero-order valence-electron chi connectivity index (χ0n) is 13.5. The van der Waals surface area contributed by atoms with E-state index in [1.54, 1.807) is 11.8 Å². The van der Waals surface area contributed by atoms with Crippen molar-refractivity contribution in [3.05, 3.63) is 48.4 Å². The molecule has 2 aliphatic heterocycles. The van der Waals surface area contributed by atoms with E-state index in [-0.39, 0.29) is 0 Å². The number of rotatable bonds is 4. The first kappa shape index (κ1) is 15.8. The third-order valence-corrected chi connectivity index (χ3v) is 5.70. The Morgan fingerprint density at radius 2 is 2.00 bits per heavy atom. The van der Waals surface area contributed by atoms with Gasteiger partial charge in [-0.15, -0.1) is 11.8 Å². The van der Waals surface area contributed by atoms with E-state index in [1.165, 1.54) is 4.90 Å². The van der Waals surface area contributed by atoms with Crippen LogP contribution in [0.25, 0.3) is 0 Å². The van der Waals surface area contributed by atoms with E-state index in [4.69, 9.17) is 4.98 Å². The Labute approximate surface area is 146 Å². The van der Waals surface area contributed by atoms with Crippen LogP contribution in [0.4, 0.5) is 10.2 Å². The number of nitrogens with zero attached hydrogens (tertiary/aromatic N) is 4. The van der Waals surface area contributed by atoms with Gasteiger partial charge in [0.25, 0.3) is 0 Å². The summed E-state index contributed by atoms with van der Waals surface area (Å²) in [6.07, 6.45) is 1.82. The molecule has 6 heteroatoms. The van der Waals surface area contributed by atoms with Gasteiger partial charge in [-0.1, -0.05) is 18.2 Å². The standard InChI is InChI=1S/C18H21FN4S/c19-14-10-15-12-23(9-8-22(15)11-14)18-6-7-20-17(21-18)13-24-16-4-2-1-3-5-16/h1-7,14-15H,8-13H2/t14-,15-/m0/s1. The normalized spacial score (nSPS) is 24.1. The minimum Gasteiger partial charge on any atom is -0.354 e. The fourth-order valence-corrected chi connectivity index (χ4v) is 4.27. The summed E-state index contributed by atoms with van der Waals surface area (Å²) in [7, 11) is 0. The molecule has 24 heavy (non-hydrogen) atoms. The van der Waals surface area contributed by atoms with E-state index in [2.05, 4.69) is 26.9 Å². The van der Waals surface area contributed by atoms with Crippen LogP contribution in [-0.2, 0) is 5.75 Å². The number of fused-ring (bicyclic) bond motifs is 1. The molecule has 2 atom stereocenters. The molecule has 3 heterocycles. The van der Waals surface area contributed by atoms with Crippen LogP contribution in [0.15, 0.2) is 47.5 Å². The highest BCUT2D eigenvalue weighted by Gasteiger charge is 2.36. The van der Waals surface area contributed by atoms with E-state index >= 15 is 0 Å². The predicted octanol–water partition coefficient (Wildman–Crippen LogP) is 3.00. The molecule has 0 spiro atoms. The summed E-state index contributed by atoms with van der Waals surface area (Å²) in [4.78, 5) is 14.9. The van der Waals surface area contributed by atoms with E-state index < -0.39 is 6.17 Å². The molecule has 0 aliphatic carbocycles. The lowest BCUT2D eigenvalue weighted by molar-refractivity contribution is 0.223. The summed E-state index contributed by atoms with van der Waals surface area (Å²) in [5.41, 5.74) is 0. The van der Waals surface area contributed by atoms with Crippen LogP contribution < -0.4 is 4.90 Å². The van der Waals surface area contributed by atoms with Gasteiger partial charge in [-0.05, 0) is 24.6 Å². The Bertz CT molecular complexity index is 684. The van der Waals surface area contributed by atoms with Crippen LogP contribution in [0.1, 0.15) is 12.2 Å². The smallest absolute Gasteiger partial charge is 0.140 e. The van der Waals surface area contributed by atoms with E-state index in [0.717, 1.165) is 37.0 Å². The summed E-state index contributed by atoms with van der Waals surface area (Å²) < 4.78 is 13.6. The average molecular weight is 344 g/mol. The second-order valence-corrected chi connectivity index (χ2v) is 7.41. The van der Waals surface area contributed by atoms with Crippen molar-refractivity contribution < 1.29 is 4.39 Å². The summed E-state index contributed by atoms with van der Waals surface area (Å²) >= 11 is 1.74. The molecule has 0 bridgehead atoms. The summed E-state index contributed by atoms with van der Waals surface area (Å²) in [5, 5.41) is 0. The molecule has 0 saturated carbocycles. The number of alkyl halides is 1. The maximum atomic E-state index is 13.6. The van der Waals surface area contributed by atoms with E-state index in [9.17, 15) is 4.39 Å². The fourth-order valence-electron chi connectivity index (χ4n) is 3.49. The van der Waals surface area contributed by atoms with Gasteiger partial charge in [0.15, 0.2) is 0 Å². The van der Waals surface area contributed by atoms with Crippen LogP contribution in [0.5, 0.6) is 0 Å². The zero-order chi connectivity index (χ0) is 16.4. The molecule has 2 aliphatic rings. The topological polar surface area (TPSA) is 32.3 Å². The second-order valence-electron chi connectivity index (χ2n) is 6.36. The van der Waals surface area contributed by atoms with Gasteiger partial charge in [0, 0.05) is 43.3 Å². The monoisotopic (exact) mass is 344 g/mol. The van der Waals surface area contributed by atoms with Crippen LogP contribution >= 0.6 is 11.8 Å². The van der Waals surface area contributed by atoms with Crippen molar-refractivity contribution in [2.45, 2.75) is 29.3 Å². The lowest BCUT2D eigenvalue weighted by atomic mass is 10.1. The van der Waals surface area contributed by atoms with Gasteiger partial charge in [0.05, 0.1) is 5.75 Å². The van der Waals surface area contributed by atoms with Gasteiger partial charge < -0.3 is 4.90 Å². The summed E-state index contributed by atoms with van der Waals surface area (Å²) in [5.74, 6) is 2.57. The highest BCUT2D eigenvalue weighted by atomic mass is 32.2. The van der Waals surface area contributed by atoms with E-state index in [0.29, 0.717) is 19.0 Å². The predicted molar refractivity (Wildman–Crippen MR) is 95.1 cm³/mol. The third-order valence-electron chi connectivity index (χ3n) is 4.69. The molecule has 0 unspecified atom stereocenters. The van der Waals surface area contributed by atoms with Crippen molar-refractivity contribution in [2.24, 2.45) is 0 Å². The van der Waals surface area contributed by atoms with Gasteiger partial charge in [0.1, 0.15) is 17.8 Å². The summed E-state index contributed by atoms with van der Waals surface area (Å²) in [6.45, 7) is 3.29. The molecular weight excluding hydrogens is 323 g/mol. The number of thioether (sulfide) groups is 1. The van der Waals surface area contributed by atoms with Crippen LogP contribution in [0.3, 0.4) is 0 Å². The van der Waals surface area contributed by atoms with Crippen molar-refractivity contribution in [3.63, 3.8) is 0 Å². The lowest BCUT2D eigenvalue weighted by Gasteiger charge is -2.37. The van der Waals surface area contributed by atoms with Gasteiger partial charge >= 0.3 is 0 Å². The first-order valence-electron chi connectivity index (χ1n) is 8.41. The van der Waals surface area contributed by atoms with Gasteiger partial charge in [-0.2, -0.15) is 0 Å². The highest BCUT2D eigenvalue weighted by Crippen LogP contribution is 2.27. The molecule has 0 N–H and O–H groups in total. The van der Waals surface area contributed by atoms with Crippen molar-refractivity contribution >= 4 is 17.6 Å². The second kappa shape index (κ2) is 7.07. The molecule has 2 fully saturated rings. The number of aromatic nitrogens is 2. The van der Waals surface area contributed by atoms with Crippen LogP contribution in [-0.4, -0.2) is 53.3 Å². The molecule has 2 saturated heterocycles. The van der Waals surface area contributed by atoms with Crippen molar-refractivity contribution in [2.75, 3.05) is 31.1 Å². The van der Waals surface area contributed by atoms with Crippen LogP contribution in [0, 0.1) is 0 Å². The molecule has 4 nitrogen and oxygen atoms in total. The van der Waals surface area contributed by atoms with E-state index in [1.807, 2.05) is 30.5 Å². The largest absolute Gasteiger partial charge is 0.354 e. The Hall–Kier alpha value is -1.66. The average Bonchev–Trinajstić information content (AvgIpc) is 3.00. The minimum atomic E-state index is -0.668. The van der Waals surface area contributed by atoms with Gasteiger partial charge in [-0.3, -0.25) is 4.90 Å². The first-order valence-corrected chi connectivity index (χ1v) is 9.39. The Morgan fingerprint density at radius 1 is 1.12 bits per heavy atom. The molecule has 0 amide bonds. The Morgan fingerprint density at radius 3 is 2.88 bits per heavy atom. The quantitative estimate of drug-likeness (QED) is 0.796. The fraction of sp³-hybridized carbons (Fsp3) is 0.444. The molecule has 126 valence electrons. The molecule has 2 aromatic rings. The van der Waals surface area contributed by atoms with Gasteiger partial charge in [-0.25, -0.2) is 14.4 Å². The number of anilines is 1. The van der Waals surface area contributed by atoms with Crippen molar-refractivity contribution in [3.8, 4) is 0 Å². The van der Waals surface area contributed by atoms with Crippen molar-refractivity contribution in [1.29, 1.82) is 0 Å².